The number of aromatic nitrogens is 1. The van der Waals surface area contributed by atoms with E-state index in [9.17, 15) is 37.1 Å². The Morgan fingerprint density at radius 3 is 2.06 bits per heavy atom. The van der Waals surface area contributed by atoms with Crippen molar-refractivity contribution in [1.29, 1.82) is 0 Å². The van der Waals surface area contributed by atoms with Gasteiger partial charge in [0.2, 0.25) is 11.8 Å². The summed E-state index contributed by atoms with van der Waals surface area (Å²) in [6.07, 6.45) is -2.43. The average molecular weight is 960 g/mol. The molecule has 4 rings (SSSR count). The molecule has 1 saturated heterocycles. The number of hydrogen-bond acceptors (Lipinski definition) is 11. The standard InChI is InChI=1S/C43H61F2N5O8S.C2HF3O2/c1-43(2,3)41(38-23-33(35-24-34(44)9-10-36(35)45)28-49(38)26-31-7-5-4-6-8-31)50(27-32-11-14-47-25-32)40(52)30-59-29-37(42(53)54)48-39(51)12-15-55-17-19-57-21-22-58-20-18-56-16-13-46;3-2(4,5)1(6)7/h4-10,23-24,28,32,37,41,47H,11-22,25-27,29-30,46H2,1-3H3,(H,48,51)(H,53,54);(H,6,7)/t32?,37-,41-;/m0./s1. The number of thioether (sulfide) groups is 1. The van der Waals surface area contributed by atoms with Gasteiger partial charge in [-0.1, -0.05) is 51.1 Å². The summed E-state index contributed by atoms with van der Waals surface area (Å²) in [5.41, 5.74) is 7.23. The van der Waals surface area contributed by atoms with E-state index in [-0.39, 0.29) is 48.5 Å². The van der Waals surface area contributed by atoms with Crippen LogP contribution in [-0.4, -0.2) is 146 Å². The molecule has 2 heterocycles. The van der Waals surface area contributed by atoms with Crippen molar-refractivity contribution in [2.24, 2.45) is 17.1 Å². The quantitative estimate of drug-likeness (QED) is 0.0484. The Hall–Kier alpha value is -4.64. The number of aliphatic carboxylic acids is 2. The summed E-state index contributed by atoms with van der Waals surface area (Å²) >= 11 is 1.14. The highest BCUT2D eigenvalue weighted by Gasteiger charge is 2.39. The zero-order valence-electron chi connectivity index (χ0n) is 37.5. The molecule has 0 spiro atoms. The largest absolute Gasteiger partial charge is 0.490 e. The molecular formula is C45H62F5N5O10S. The first-order valence-electron chi connectivity index (χ1n) is 21.4. The Kier molecular flexibility index (Phi) is 24.1. The summed E-state index contributed by atoms with van der Waals surface area (Å²) in [7, 11) is 0. The molecule has 15 nitrogen and oxygen atoms in total. The van der Waals surface area contributed by atoms with Crippen LogP contribution < -0.4 is 16.4 Å². The van der Waals surface area contributed by atoms with E-state index in [1.165, 1.54) is 6.07 Å². The number of nitrogens with two attached hydrogens (primary N) is 1. The molecule has 1 unspecified atom stereocenters. The third-order valence-electron chi connectivity index (χ3n) is 9.95. The number of benzene rings is 2. The Balaban J connectivity index is 0.00000152. The summed E-state index contributed by atoms with van der Waals surface area (Å²) in [6.45, 7) is 11.9. The highest BCUT2D eigenvalue weighted by atomic mass is 32.2. The van der Waals surface area contributed by atoms with E-state index < -0.39 is 53.2 Å². The lowest BCUT2D eigenvalue weighted by atomic mass is 9.82. The number of carboxylic acid groups (broad SMARTS) is 2. The van der Waals surface area contributed by atoms with Gasteiger partial charge in [-0.05, 0) is 60.7 Å². The van der Waals surface area contributed by atoms with Crippen LogP contribution in [0.25, 0.3) is 11.1 Å². The van der Waals surface area contributed by atoms with Gasteiger partial charge in [0.25, 0.3) is 0 Å². The first-order chi connectivity index (χ1) is 31.3. The van der Waals surface area contributed by atoms with Crippen LogP contribution in [0.5, 0.6) is 0 Å². The molecule has 1 aromatic heterocycles. The lowest BCUT2D eigenvalue weighted by Gasteiger charge is -2.42. The molecule has 0 radical (unpaired) electrons. The van der Waals surface area contributed by atoms with Crippen LogP contribution in [-0.2, 0) is 44.7 Å². The second-order valence-corrected chi connectivity index (χ2v) is 17.4. The van der Waals surface area contributed by atoms with Crippen molar-refractivity contribution in [1.82, 2.24) is 20.1 Å². The third-order valence-corrected chi connectivity index (χ3v) is 11.0. The van der Waals surface area contributed by atoms with E-state index in [0.717, 1.165) is 54.7 Å². The molecule has 2 amide bonds. The predicted molar refractivity (Wildman–Crippen MR) is 238 cm³/mol. The minimum Gasteiger partial charge on any atom is -0.480 e. The number of ether oxygens (including phenoxy) is 4. The smallest absolute Gasteiger partial charge is 0.480 e. The van der Waals surface area contributed by atoms with Gasteiger partial charge in [0.1, 0.15) is 17.7 Å². The summed E-state index contributed by atoms with van der Waals surface area (Å²) in [4.78, 5) is 50.1. The van der Waals surface area contributed by atoms with Crippen molar-refractivity contribution in [2.75, 3.05) is 90.5 Å². The molecule has 6 N–H and O–H groups in total. The van der Waals surface area contributed by atoms with Crippen LogP contribution in [0, 0.1) is 23.0 Å². The number of alkyl halides is 3. The minimum absolute atomic E-state index is 0.0326. The topological polar surface area (TPSA) is 204 Å². The van der Waals surface area contributed by atoms with Crippen molar-refractivity contribution in [3.05, 3.63) is 83.7 Å². The molecule has 0 saturated carbocycles. The maximum Gasteiger partial charge on any atom is 0.490 e. The molecule has 368 valence electrons. The Morgan fingerprint density at radius 1 is 0.909 bits per heavy atom. The first-order valence-corrected chi connectivity index (χ1v) is 22.6. The van der Waals surface area contributed by atoms with Gasteiger partial charge in [-0.2, -0.15) is 13.2 Å². The predicted octanol–water partition coefficient (Wildman–Crippen LogP) is 5.36. The fraction of sp³-hybridized carbons (Fsp3) is 0.556. The lowest BCUT2D eigenvalue weighted by Crippen LogP contribution is -2.46. The molecule has 1 aliphatic heterocycles. The Morgan fingerprint density at radius 2 is 1.52 bits per heavy atom. The number of nitrogens with one attached hydrogen (secondary N) is 2. The number of carbonyl (C=O) groups is 4. The number of amides is 2. The SMILES string of the molecule is CC(C)(C)[C@H](c1cc(-c2cc(F)ccc2F)cn1Cc1ccccc1)N(CC1CCNC1)C(=O)CSC[C@H](NC(=O)CCOCCOCCOCCOCCN)C(=O)O.O=C(O)C(F)(F)F. The average Bonchev–Trinajstić information content (AvgIpc) is 3.92. The normalized spacial score (nSPS) is 14.8. The van der Waals surface area contributed by atoms with E-state index in [0.29, 0.717) is 64.8 Å². The highest BCUT2D eigenvalue weighted by Crippen LogP contribution is 2.42. The van der Waals surface area contributed by atoms with Crippen LogP contribution in [0.15, 0.2) is 60.8 Å². The van der Waals surface area contributed by atoms with Crippen LogP contribution >= 0.6 is 11.8 Å². The zero-order valence-corrected chi connectivity index (χ0v) is 38.3. The van der Waals surface area contributed by atoms with Crippen molar-refractivity contribution in [3.8, 4) is 11.1 Å². The molecule has 3 aromatic rings. The van der Waals surface area contributed by atoms with Gasteiger partial charge in [0.05, 0.1) is 64.6 Å². The van der Waals surface area contributed by atoms with Gasteiger partial charge in [0.15, 0.2) is 0 Å². The number of nitrogens with zero attached hydrogens (tertiary/aromatic N) is 2. The highest BCUT2D eigenvalue weighted by molar-refractivity contribution is 8.00. The molecular weight excluding hydrogens is 898 g/mol. The number of carboxylic acids is 2. The molecule has 21 heteroatoms. The first kappa shape index (κ1) is 55.7. The van der Waals surface area contributed by atoms with Gasteiger partial charge < -0.3 is 55.0 Å². The second-order valence-electron chi connectivity index (χ2n) is 16.3. The molecule has 3 atom stereocenters. The maximum atomic E-state index is 15.2. The zero-order chi connectivity index (χ0) is 48.7. The van der Waals surface area contributed by atoms with Gasteiger partial charge in [-0.25, -0.2) is 18.4 Å². The fourth-order valence-corrected chi connectivity index (χ4v) is 7.83. The van der Waals surface area contributed by atoms with Crippen molar-refractivity contribution in [3.63, 3.8) is 0 Å². The van der Waals surface area contributed by atoms with Crippen molar-refractivity contribution < 1.29 is 70.3 Å². The lowest BCUT2D eigenvalue weighted by molar-refractivity contribution is -0.192. The summed E-state index contributed by atoms with van der Waals surface area (Å²) in [5.74, 6) is -5.64. The van der Waals surface area contributed by atoms with E-state index in [1.807, 2.05) is 72.8 Å². The maximum absolute atomic E-state index is 15.2. The van der Waals surface area contributed by atoms with Crippen molar-refractivity contribution >= 4 is 35.5 Å². The summed E-state index contributed by atoms with van der Waals surface area (Å²) in [6, 6.07) is 13.3. The van der Waals surface area contributed by atoms with Gasteiger partial charge in [-0.3, -0.25) is 9.59 Å². The third kappa shape index (κ3) is 20.1. The molecule has 0 aliphatic carbocycles. The molecule has 1 aliphatic rings. The van der Waals surface area contributed by atoms with E-state index >= 15 is 4.39 Å². The monoisotopic (exact) mass is 959 g/mol. The molecule has 1 fully saturated rings. The van der Waals surface area contributed by atoms with E-state index in [1.54, 1.807) is 0 Å². The van der Waals surface area contributed by atoms with Crippen LogP contribution in [0.2, 0.25) is 0 Å². The van der Waals surface area contributed by atoms with Gasteiger partial charge >= 0.3 is 18.1 Å². The summed E-state index contributed by atoms with van der Waals surface area (Å²) in [5, 5.41) is 23.0. The molecule has 66 heavy (non-hydrogen) atoms. The van der Waals surface area contributed by atoms with Crippen LogP contribution in [0.3, 0.4) is 0 Å². The summed E-state index contributed by atoms with van der Waals surface area (Å²) < 4.78 is 84.9. The fourth-order valence-electron chi connectivity index (χ4n) is 6.91. The van der Waals surface area contributed by atoms with Crippen LogP contribution in [0.1, 0.15) is 50.9 Å². The number of rotatable bonds is 27. The van der Waals surface area contributed by atoms with E-state index in [4.69, 9.17) is 34.6 Å². The van der Waals surface area contributed by atoms with Crippen LogP contribution in [0.4, 0.5) is 22.0 Å². The Bertz CT molecular complexity index is 1950. The number of halogens is 5. The van der Waals surface area contributed by atoms with E-state index in [2.05, 4.69) is 10.6 Å². The van der Waals surface area contributed by atoms with Gasteiger partial charge in [-0.15, -0.1) is 11.8 Å². The minimum atomic E-state index is -5.08. The number of hydrogen-bond donors (Lipinski definition) is 5. The van der Waals surface area contributed by atoms with Gasteiger partial charge in [0, 0.05) is 54.8 Å². The second kappa shape index (κ2) is 28.5. The molecule has 0 bridgehead atoms. The molecule has 2 aromatic carbocycles. The number of carbonyl (C=O) groups excluding carboxylic acids is 2. The van der Waals surface area contributed by atoms with Crippen molar-refractivity contribution in [2.45, 2.75) is 58.4 Å². The Labute approximate surface area is 385 Å².